The van der Waals surface area contributed by atoms with E-state index in [0.717, 1.165) is 51.7 Å². The van der Waals surface area contributed by atoms with Crippen molar-refractivity contribution in [3.63, 3.8) is 0 Å². The van der Waals surface area contributed by atoms with E-state index in [4.69, 9.17) is 14.5 Å². The molecule has 3 aromatic carbocycles. The predicted molar refractivity (Wildman–Crippen MR) is 131 cm³/mol. The van der Waals surface area contributed by atoms with Crippen molar-refractivity contribution in [1.82, 2.24) is 4.98 Å². The van der Waals surface area contributed by atoms with Crippen LogP contribution in [0.3, 0.4) is 0 Å². The first kappa shape index (κ1) is 22.4. The number of benzene rings is 3. The van der Waals surface area contributed by atoms with Gasteiger partial charge in [-0.25, -0.2) is 0 Å². The molecule has 0 aliphatic rings. The molecule has 4 aromatic rings. The molecule has 4 nitrogen and oxygen atoms in total. The first-order chi connectivity index (χ1) is 16.1. The van der Waals surface area contributed by atoms with Gasteiger partial charge >= 0.3 is 0 Å². The number of hydrogen-bond acceptors (Lipinski definition) is 4. The van der Waals surface area contributed by atoms with Crippen LogP contribution < -0.4 is 9.47 Å². The Hall–Kier alpha value is -3.79. The fourth-order valence-corrected chi connectivity index (χ4v) is 3.79. The second-order valence-corrected chi connectivity index (χ2v) is 8.05. The van der Waals surface area contributed by atoms with Gasteiger partial charge in [0.25, 0.3) is 0 Å². The number of ether oxygens (including phenoxy) is 2. The molecule has 0 bridgehead atoms. The molecule has 0 fully saturated rings. The minimum atomic E-state index is 0.246. The Kier molecular flexibility index (Phi) is 7.26. The highest BCUT2D eigenvalue weighted by molar-refractivity contribution is 5.46. The summed E-state index contributed by atoms with van der Waals surface area (Å²) >= 11 is 0. The summed E-state index contributed by atoms with van der Waals surface area (Å²) < 4.78 is 12.0. The maximum absolute atomic E-state index is 10.9. The Morgan fingerprint density at radius 1 is 0.788 bits per heavy atom. The Labute approximate surface area is 195 Å². The summed E-state index contributed by atoms with van der Waals surface area (Å²) in [5.41, 5.74) is 4.52. The number of hydrogen-bond donors (Lipinski definition) is 1. The molecule has 0 spiro atoms. The zero-order valence-corrected chi connectivity index (χ0v) is 19.1. The smallest absolute Gasteiger partial charge is 0.143 e. The predicted octanol–water partition coefficient (Wildman–Crippen LogP) is 7.01. The van der Waals surface area contributed by atoms with Crippen LogP contribution in [0.5, 0.6) is 23.0 Å². The fourth-order valence-electron chi connectivity index (χ4n) is 3.79. The van der Waals surface area contributed by atoms with Crippen LogP contribution in [0, 0.1) is 6.92 Å². The molecule has 0 aliphatic heterocycles. The van der Waals surface area contributed by atoms with Gasteiger partial charge in [0.05, 0.1) is 5.69 Å². The van der Waals surface area contributed by atoms with Gasteiger partial charge in [-0.1, -0.05) is 61.9 Å². The molecular weight excluding hydrogens is 410 g/mol. The molecule has 4 heteroatoms. The third-order valence-corrected chi connectivity index (χ3v) is 5.58. The third-order valence-electron chi connectivity index (χ3n) is 5.58. The second-order valence-electron chi connectivity index (χ2n) is 8.05. The summed E-state index contributed by atoms with van der Waals surface area (Å²) in [6.45, 7) is 4.39. The van der Waals surface area contributed by atoms with E-state index in [1.54, 1.807) is 0 Å². The molecule has 1 heterocycles. The minimum absolute atomic E-state index is 0.246. The summed E-state index contributed by atoms with van der Waals surface area (Å²) in [4.78, 5) is 4.84. The van der Waals surface area contributed by atoms with E-state index in [-0.39, 0.29) is 5.75 Å². The average molecular weight is 440 g/mol. The first-order valence-corrected chi connectivity index (χ1v) is 11.3. The molecule has 0 radical (unpaired) electrons. The quantitative estimate of drug-likeness (QED) is 0.305. The highest BCUT2D eigenvalue weighted by Gasteiger charge is 2.17. The Bertz CT molecular complexity index is 1190. The SMILES string of the molecule is CCCc1nc(Cc2cccc(Oc3ccccc3)c2)c(C)c(COc2ccccc2)c1O. The van der Waals surface area contributed by atoms with Crippen LogP contribution in [0.25, 0.3) is 0 Å². The van der Waals surface area contributed by atoms with E-state index in [1.165, 1.54) is 0 Å². The van der Waals surface area contributed by atoms with Gasteiger partial charge in [0, 0.05) is 17.7 Å². The number of aromatic hydroxyl groups is 1. The van der Waals surface area contributed by atoms with Crippen molar-refractivity contribution in [3.05, 3.63) is 113 Å². The number of para-hydroxylation sites is 2. The number of pyridine rings is 1. The number of aromatic nitrogens is 1. The summed E-state index contributed by atoms with van der Waals surface area (Å²) in [6, 6.07) is 27.5. The lowest BCUT2D eigenvalue weighted by Crippen LogP contribution is -2.08. The minimum Gasteiger partial charge on any atom is -0.506 e. The van der Waals surface area contributed by atoms with Crippen molar-refractivity contribution >= 4 is 0 Å². The van der Waals surface area contributed by atoms with E-state index < -0.39 is 0 Å². The zero-order valence-electron chi connectivity index (χ0n) is 19.1. The lowest BCUT2D eigenvalue weighted by molar-refractivity contribution is 0.297. The van der Waals surface area contributed by atoms with Gasteiger partial charge in [-0.3, -0.25) is 4.98 Å². The molecule has 4 rings (SSSR count). The summed E-state index contributed by atoms with van der Waals surface area (Å²) in [6.07, 6.45) is 2.27. The average Bonchev–Trinajstić information content (AvgIpc) is 2.84. The van der Waals surface area contributed by atoms with E-state index >= 15 is 0 Å². The summed E-state index contributed by atoms with van der Waals surface area (Å²) in [5, 5.41) is 10.9. The van der Waals surface area contributed by atoms with E-state index in [9.17, 15) is 5.11 Å². The molecular formula is C29H29NO3. The maximum atomic E-state index is 10.9. The number of aryl methyl sites for hydroxylation is 1. The summed E-state index contributed by atoms with van der Waals surface area (Å²) in [7, 11) is 0. The Balaban J connectivity index is 1.60. The molecule has 0 unspecified atom stereocenters. The maximum Gasteiger partial charge on any atom is 0.143 e. The van der Waals surface area contributed by atoms with E-state index in [2.05, 4.69) is 13.0 Å². The third kappa shape index (κ3) is 5.72. The highest BCUT2D eigenvalue weighted by Crippen LogP contribution is 2.31. The van der Waals surface area contributed by atoms with Gasteiger partial charge < -0.3 is 14.6 Å². The van der Waals surface area contributed by atoms with Crippen molar-refractivity contribution in [2.24, 2.45) is 0 Å². The molecule has 33 heavy (non-hydrogen) atoms. The van der Waals surface area contributed by atoms with Gasteiger partial charge in [0.1, 0.15) is 29.6 Å². The van der Waals surface area contributed by atoms with Crippen LogP contribution in [0.1, 0.15) is 41.4 Å². The molecule has 1 N–H and O–H groups in total. The van der Waals surface area contributed by atoms with Crippen LogP contribution in [0.2, 0.25) is 0 Å². The van der Waals surface area contributed by atoms with Crippen molar-refractivity contribution in [1.29, 1.82) is 0 Å². The van der Waals surface area contributed by atoms with Gasteiger partial charge in [-0.2, -0.15) is 0 Å². The summed E-state index contributed by atoms with van der Waals surface area (Å²) in [5.74, 6) is 2.61. The molecule has 0 saturated heterocycles. The highest BCUT2D eigenvalue weighted by atomic mass is 16.5. The van der Waals surface area contributed by atoms with Crippen LogP contribution in [0.15, 0.2) is 84.9 Å². The van der Waals surface area contributed by atoms with Gasteiger partial charge in [-0.15, -0.1) is 0 Å². The standard InChI is InChI=1S/C29H29NO3/c1-3-11-27-29(31)26(20-32-23-13-6-4-7-14-23)21(2)28(30-27)19-22-12-10-17-25(18-22)33-24-15-8-5-9-16-24/h4-10,12-18,31H,3,11,19-20H2,1-2H3. The van der Waals surface area contributed by atoms with Gasteiger partial charge in [-0.05, 0) is 60.9 Å². The topological polar surface area (TPSA) is 51.6 Å². The molecule has 168 valence electrons. The van der Waals surface area contributed by atoms with Gasteiger partial charge in [0.2, 0.25) is 0 Å². The Morgan fingerprint density at radius 2 is 1.45 bits per heavy atom. The normalized spacial score (nSPS) is 10.7. The largest absolute Gasteiger partial charge is 0.506 e. The molecule has 0 atom stereocenters. The lowest BCUT2D eigenvalue weighted by atomic mass is 9.99. The second kappa shape index (κ2) is 10.7. The molecule has 0 amide bonds. The molecule has 1 aromatic heterocycles. The fraction of sp³-hybridized carbons (Fsp3) is 0.207. The van der Waals surface area contributed by atoms with Crippen LogP contribution in [-0.2, 0) is 19.4 Å². The van der Waals surface area contributed by atoms with Crippen molar-refractivity contribution in [3.8, 4) is 23.0 Å². The Morgan fingerprint density at radius 3 is 2.15 bits per heavy atom. The van der Waals surface area contributed by atoms with Crippen molar-refractivity contribution < 1.29 is 14.6 Å². The van der Waals surface area contributed by atoms with Crippen LogP contribution in [0.4, 0.5) is 0 Å². The van der Waals surface area contributed by atoms with Crippen molar-refractivity contribution in [2.45, 2.75) is 39.7 Å². The zero-order chi connectivity index (χ0) is 23.0. The van der Waals surface area contributed by atoms with E-state index in [0.29, 0.717) is 19.4 Å². The van der Waals surface area contributed by atoms with Crippen molar-refractivity contribution in [2.75, 3.05) is 0 Å². The molecule has 0 aliphatic carbocycles. The monoisotopic (exact) mass is 439 g/mol. The van der Waals surface area contributed by atoms with Crippen LogP contribution >= 0.6 is 0 Å². The first-order valence-electron chi connectivity index (χ1n) is 11.3. The molecule has 0 saturated carbocycles. The van der Waals surface area contributed by atoms with E-state index in [1.807, 2.05) is 85.8 Å². The lowest BCUT2D eigenvalue weighted by Gasteiger charge is -2.17. The van der Waals surface area contributed by atoms with Gasteiger partial charge in [0.15, 0.2) is 0 Å². The number of rotatable bonds is 9. The van der Waals surface area contributed by atoms with Crippen LogP contribution in [-0.4, -0.2) is 10.1 Å². The number of nitrogens with zero attached hydrogens (tertiary/aromatic N) is 1.